The molecule has 1 heterocycles. The number of aromatic nitrogens is 1. The molecule has 1 aromatic heterocycles. The molecule has 2 aromatic rings. The minimum Gasteiger partial charge on any atom is -0.432 e. The quantitative estimate of drug-likeness (QED) is 0.789. The number of rotatable bonds is 1. The van der Waals surface area contributed by atoms with Gasteiger partial charge in [0.2, 0.25) is 0 Å². The Hall–Kier alpha value is -1.26. The van der Waals surface area contributed by atoms with Crippen molar-refractivity contribution in [3.8, 4) is 0 Å². The van der Waals surface area contributed by atoms with Crippen molar-refractivity contribution in [2.75, 3.05) is 5.32 Å². The first-order valence-corrected chi connectivity index (χ1v) is 7.84. The fourth-order valence-corrected chi connectivity index (χ4v) is 2.38. The molecular formula is C16H21Cl2N3O. The average molecular weight is 342 g/mol. The monoisotopic (exact) mass is 341 g/mol. The van der Waals surface area contributed by atoms with Crippen molar-refractivity contribution in [2.45, 2.75) is 52.6 Å². The molecular weight excluding hydrogens is 321 g/mol. The van der Waals surface area contributed by atoms with Gasteiger partial charge in [0.05, 0.1) is 10.6 Å². The van der Waals surface area contributed by atoms with Gasteiger partial charge in [0, 0.05) is 10.6 Å². The Labute approximate surface area is 140 Å². The lowest BCUT2D eigenvalue weighted by Crippen LogP contribution is -2.31. The Bertz CT molecular complexity index is 768. The Morgan fingerprint density at radius 1 is 1.09 bits per heavy atom. The smallest absolute Gasteiger partial charge is 0.258 e. The predicted molar refractivity (Wildman–Crippen MR) is 92.7 cm³/mol. The van der Waals surface area contributed by atoms with Gasteiger partial charge in [-0.05, 0) is 53.7 Å². The highest BCUT2D eigenvalue weighted by molar-refractivity contribution is 6.37. The third kappa shape index (κ3) is 4.37. The molecule has 1 aromatic carbocycles. The fourth-order valence-electron chi connectivity index (χ4n) is 1.86. The van der Waals surface area contributed by atoms with Crippen LogP contribution in [0.3, 0.4) is 0 Å². The van der Waals surface area contributed by atoms with E-state index in [4.69, 9.17) is 27.6 Å². The van der Waals surface area contributed by atoms with E-state index < -0.39 is 0 Å². The summed E-state index contributed by atoms with van der Waals surface area (Å²) >= 11 is 12.3. The molecule has 6 heteroatoms. The zero-order chi connectivity index (χ0) is 16.7. The average Bonchev–Trinajstić information content (AvgIpc) is 2.26. The molecule has 22 heavy (non-hydrogen) atoms. The van der Waals surface area contributed by atoms with Crippen molar-refractivity contribution in [1.29, 1.82) is 0 Å². The second-order valence-corrected chi connectivity index (χ2v) is 8.10. The lowest BCUT2D eigenvalue weighted by molar-refractivity contribution is 0.473. The minimum absolute atomic E-state index is 0.180. The maximum Gasteiger partial charge on any atom is 0.258 e. The SMILES string of the molecule is CC(C)(C)N=c1oc2c(Cl)cc(Cl)cc2nc1NC(C)(C)C. The number of nitrogens with zero attached hydrogens (tertiary/aromatic N) is 2. The number of benzene rings is 1. The first kappa shape index (κ1) is 17.1. The molecule has 0 aliphatic carbocycles. The van der Waals surface area contributed by atoms with Crippen molar-refractivity contribution in [1.82, 2.24) is 4.98 Å². The summed E-state index contributed by atoms with van der Waals surface area (Å²) in [5.41, 5.74) is 1.03. The molecule has 1 N–H and O–H groups in total. The summed E-state index contributed by atoms with van der Waals surface area (Å²) in [5.74, 6) is 0.577. The van der Waals surface area contributed by atoms with Gasteiger partial charge in [-0.15, -0.1) is 0 Å². The molecule has 0 aliphatic heterocycles. The summed E-state index contributed by atoms with van der Waals surface area (Å²) in [6, 6.07) is 3.36. The summed E-state index contributed by atoms with van der Waals surface area (Å²) < 4.78 is 5.92. The van der Waals surface area contributed by atoms with Crippen LogP contribution in [0.2, 0.25) is 10.0 Å². The van der Waals surface area contributed by atoms with E-state index >= 15 is 0 Å². The summed E-state index contributed by atoms with van der Waals surface area (Å²) in [6.07, 6.45) is 0. The molecule has 0 bridgehead atoms. The topological polar surface area (TPSA) is 50.4 Å². The van der Waals surface area contributed by atoms with Crippen molar-refractivity contribution in [3.05, 3.63) is 27.7 Å². The van der Waals surface area contributed by atoms with Crippen molar-refractivity contribution < 1.29 is 4.42 Å². The van der Waals surface area contributed by atoms with Crippen LogP contribution < -0.4 is 10.9 Å². The summed E-state index contributed by atoms with van der Waals surface area (Å²) in [4.78, 5) is 9.20. The van der Waals surface area contributed by atoms with Crippen LogP contribution in [0, 0.1) is 0 Å². The Morgan fingerprint density at radius 2 is 1.73 bits per heavy atom. The first-order chi connectivity index (χ1) is 9.94. The Kier molecular flexibility index (Phi) is 4.46. The second-order valence-electron chi connectivity index (χ2n) is 7.26. The van der Waals surface area contributed by atoms with E-state index in [-0.39, 0.29) is 11.1 Å². The van der Waals surface area contributed by atoms with Gasteiger partial charge in [0.15, 0.2) is 11.4 Å². The molecule has 2 rings (SSSR count). The van der Waals surface area contributed by atoms with Crippen LogP contribution in [0.1, 0.15) is 41.5 Å². The van der Waals surface area contributed by atoms with Crippen LogP contribution >= 0.6 is 23.2 Å². The number of halogens is 2. The Balaban J connectivity index is 2.79. The van der Waals surface area contributed by atoms with Crippen LogP contribution in [0.25, 0.3) is 11.1 Å². The molecule has 0 unspecified atom stereocenters. The molecule has 0 amide bonds. The van der Waals surface area contributed by atoms with E-state index in [9.17, 15) is 0 Å². The Morgan fingerprint density at radius 3 is 2.27 bits per heavy atom. The van der Waals surface area contributed by atoms with Crippen molar-refractivity contribution in [3.63, 3.8) is 0 Å². The van der Waals surface area contributed by atoms with E-state index in [0.29, 0.717) is 32.5 Å². The fraction of sp³-hybridized carbons (Fsp3) is 0.500. The molecule has 0 saturated heterocycles. The largest absolute Gasteiger partial charge is 0.432 e. The summed E-state index contributed by atoms with van der Waals surface area (Å²) in [5, 5.41) is 4.25. The maximum atomic E-state index is 6.21. The second kappa shape index (κ2) is 5.74. The summed E-state index contributed by atoms with van der Waals surface area (Å²) in [6.45, 7) is 12.1. The standard InChI is InChI=1S/C16H21Cl2N3O/c1-15(2,3)20-13-14(21-16(4,5)6)22-12-10(18)7-9(17)8-11(12)19-13/h7-8H,1-6H3,(H,19,20). The highest BCUT2D eigenvalue weighted by Crippen LogP contribution is 2.27. The molecule has 0 aliphatic rings. The number of hydrogen-bond acceptors (Lipinski definition) is 4. The van der Waals surface area contributed by atoms with Crippen LogP contribution in [0.4, 0.5) is 5.82 Å². The highest BCUT2D eigenvalue weighted by Gasteiger charge is 2.17. The van der Waals surface area contributed by atoms with Gasteiger partial charge in [-0.3, -0.25) is 0 Å². The number of anilines is 1. The van der Waals surface area contributed by atoms with E-state index in [1.165, 1.54) is 0 Å². The minimum atomic E-state index is -0.300. The van der Waals surface area contributed by atoms with E-state index in [0.717, 1.165) is 0 Å². The maximum absolute atomic E-state index is 6.21. The molecule has 0 atom stereocenters. The van der Waals surface area contributed by atoms with Gasteiger partial charge < -0.3 is 9.73 Å². The van der Waals surface area contributed by atoms with Crippen molar-refractivity contribution >= 4 is 40.1 Å². The van der Waals surface area contributed by atoms with E-state index in [2.05, 4.69) is 15.3 Å². The number of fused-ring (bicyclic) bond motifs is 1. The van der Waals surface area contributed by atoms with Crippen molar-refractivity contribution in [2.24, 2.45) is 4.99 Å². The van der Waals surface area contributed by atoms with Gasteiger partial charge in [-0.25, -0.2) is 9.98 Å². The van der Waals surface area contributed by atoms with Gasteiger partial charge in [0.25, 0.3) is 5.55 Å². The third-order valence-corrected chi connectivity index (χ3v) is 3.05. The molecule has 0 radical (unpaired) electrons. The van der Waals surface area contributed by atoms with E-state index in [1.54, 1.807) is 12.1 Å². The highest BCUT2D eigenvalue weighted by atomic mass is 35.5. The number of hydrogen-bond donors (Lipinski definition) is 1. The zero-order valence-corrected chi connectivity index (χ0v) is 15.2. The van der Waals surface area contributed by atoms with Gasteiger partial charge in [-0.1, -0.05) is 23.2 Å². The summed E-state index contributed by atoms with van der Waals surface area (Å²) in [7, 11) is 0. The van der Waals surface area contributed by atoms with E-state index in [1.807, 2.05) is 41.5 Å². The molecule has 120 valence electrons. The molecule has 0 spiro atoms. The van der Waals surface area contributed by atoms with Crippen LogP contribution in [0.15, 0.2) is 21.5 Å². The molecule has 0 saturated carbocycles. The normalized spacial score (nSPS) is 13.7. The predicted octanol–water partition coefficient (Wildman–Crippen LogP) is 5.04. The zero-order valence-electron chi connectivity index (χ0n) is 13.7. The van der Waals surface area contributed by atoms with Gasteiger partial charge >= 0.3 is 0 Å². The van der Waals surface area contributed by atoms with Gasteiger partial charge in [0.1, 0.15) is 5.52 Å². The molecule has 4 nitrogen and oxygen atoms in total. The lowest BCUT2D eigenvalue weighted by Gasteiger charge is -2.22. The number of nitrogens with one attached hydrogen (secondary N) is 1. The third-order valence-electron chi connectivity index (χ3n) is 2.55. The lowest BCUT2D eigenvalue weighted by atomic mass is 10.1. The van der Waals surface area contributed by atoms with Crippen LogP contribution in [-0.4, -0.2) is 16.1 Å². The first-order valence-electron chi connectivity index (χ1n) is 7.09. The molecule has 0 fully saturated rings. The van der Waals surface area contributed by atoms with Gasteiger partial charge in [-0.2, -0.15) is 0 Å². The van der Waals surface area contributed by atoms with Crippen LogP contribution in [0.5, 0.6) is 0 Å². The van der Waals surface area contributed by atoms with Crippen LogP contribution in [-0.2, 0) is 0 Å².